The molecule has 96 valence electrons. The zero-order chi connectivity index (χ0) is 12.5. The van der Waals surface area contributed by atoms with Gasteiger partial charge in [0.2, 0.25) is 5.91 Å². The molecular formula is C14H19N3O. The summed E-state index contributed by atoms with van der Waals surface area (Å²) in [6.07, 6.45) is 1.97. The molecule has 0 aromatic heterocycles. The van der Waals surface area contributed by atoms with Crippen molar-refractivity contribution >= 4 is 11.6 Å². The molecular weight excluding hydrogens is 226 g/mol. The Morgan fingerprint density at radius 3 is 3.11 bits per heavy atom. The Labute approximate surface area is 107 Å². The van der Waals surface area contributed by atoms with Gasteiger partial charge in [0.05, 0.1) is 0 Å². The van der Waals surface area contributed by atoms with Crippen molar-refractivity contribution in [1.82, 2.24) is 10.2 Å². The number of anilines is 1. The Morgan fingerprint density at radius 2 is 2.33 bits per heavy atom. The standard InChI is InChI=1S/C14H19N3O/c1-17-8-6-13(14(17)18)16-12-4-2-3-10-5-7-15-9-11(10)12/h2-4,13,15-16H,5-9H2,1H3/t13-/m1/s1. The minimum Gasteiger partial charge on any atom is -0.373 e. The van der Waals surface area contributed by atoms with Gasteiger partial charge >= 0.3 is 0 Å². The first-order valence-corrected chi connectivity index (χ1v) is 6.59. The van der Waals surface area contributed by atoms with Crippen molar-refractivity contribution in [2.24, 2.45) is 0 Å². The summed E-state index contributed by atoms with van der Waals surface area (Å²) >= 11 is 0. The van der Waals surface area contributed by atoms with Gasteiger partial charge in [0.1, 0.15) is 6.04 Å². The summed E-state index contributed by atoms with van der Waals surface area (Å²) in [5.74, 6) is 0.205. The van der Waals surface area contributed by atoms with Gasteiger partial charge in [-0.25, -0.2) is 0 Å². The predicted molar refractivity (Wildman–Crippen MR) is 71.5 cm³/mol. The average Bonchev–Trinajstić information content (AvgIpc) is 2.71. The van der Waals surface area contributed by atoms with Crippen LogP contribution >= 0.6 is 0 Å². The lowest BCUT2D eigenvalue weighted by atomic mass is 9.99. The van der Waals surface area contributed by atoms with Gasteiger partial charge in [0.25, 0.3) is 0 Å². The highest BCUT2D eigenvalue weighted by Crippen LogP contribution is 2.25. The molecule has 18 heavy (non-hydrogen) atoms. The van der Waals surface area contributed by atoms with E-state index in [1.165, 1.54) is 11.1 Å². The van der Waals surface area contributed by atoms with E-state index in [4.69, 9.17) is 0 Å². The van der Waals surface area contributed by atoms with Crippen molar-refractivity contribution < 1.29 is 4.79 Å². The second-order valence-corrected chi connectivity index (χ2v) is 5.12. The zero-order valence-electron chi connectivity index (χ0n) is 10.7. The molecule has 2 aliphatic rings. The Morgan fingerprint density at radius 1 is 1.44 bits per heavy atom. The number of benzene rings is 1. The van der Waals surface area contributed by atoms with Crippen LogP contribution in [0.3, 0.4) is 0 Å². The molecule has 1 amide bonds. The fourth-order valence-corrected chi connectivity index (χ4v) is 2.79. The van der Waals surface area contributed by atoms with Gasteiger partial charge in [0.15, 0.2) is 0 Å². The maximum atomic E-state index is 11.9. The van der Waals surface area contributed by atoms with Gasteiger partial charge in [0, 0.05) is 25.8 Å². The second kappa shape index (κ2) is 4.61. The number of likely N-dealkylation sites (tertiary alicyclic amines) is 1. The molecule has 0 bridgehead atoms. The number of nitrogens with one attached hydrogen (secondary N) is 2. The molecule has 0 aliphatic carbocycles. The molecule has 4 heteroatoms. The minimum atomic E-state index is -0.0524. The van der Waals surface area contributed by atoms with Crippen molar-refractivity contribution in [1.29, 1.82) is 0 Å². The fraction of sp³-hybridized carbons (Fsp3) is 0.500. The van der Waals surface area contributed by atoms with Gasteiger partial charge in [-0.2, -0.15) is 0 Å². The molecule has 0 unspecified atom stereocenters. The topological polar surface area (TPSA) is 44.4 Å². The molecule has 0 spiro atoms. The maximum absolute atomic E-state index is 11.9. The first kappa shape index (κ1) is 11.5. The Kier molecular flexibility index (Phi) is 2.96. The highest BCUT2D eigenvalue weighted by Gasteiger charge is 2.29. The van der Waals surface area contributed by atoms with Gasteiger partial charge in [-0.1, -0.05) is 12.1 Å². The van der Waals surface area contributed by atoms with Gasteiger partial charge in [-0.3, -0.25) is 4.79 Å². The first-order chi connectivity index (χ1) is 8.75. The number of carbonyl (C=O) groups excluding carboxylic acids is 1. The molecule has 1 aromatic rings. The number of hydrogen-bond acceptors (Lipinski definition) is 3. The molecule has 1 saturated heterocycles. The lowest BCUT2D eigenvalue weighted by molar-refractivity contribution is -0.127. The van der Waals surface area contributed by atoms with Crippen LogP contribution in [0.5, 0.6) is 0 Å². The summed E-state index contributed by atoms with van der Waals surface area (Å²) in [5, 5.41) is 6.81. The highest BCUT2D eigenvalue weighted by molar-refractivity contribution is 5.86. The van der Waals surface area contributed by atoms with Crippen LogP contribution in [0.15, 0.2) is 18.2 Å². The second-order valence-electron chi connectivity index (χ2n) is 5.12. The van der Waals surface area contributed by atoms with Crippen LogP contribution in [0.4, 0.5) is 5.69 Å². The van der Waals surface area contributed by atoms with Crippen LogP contribution in [-0.2, 0) is 17.8 Å². The largest absolute Gasteiger partial charge is 0.373 e. The third kappa shape index (κ3) is 1.97. The molecule has 4 nitrogen and oxygen atoms in total. The van der Waals surface area contributed by atoms with Gasteiger partial charge in [-0.15, -0.1) is 0 Å². The molecule has 2 aliphatic heterocycles. The first-order valence-electron chi connectivity index (χ1n) is 6.59. The molecule has 2 N–H and O–H groups in total. The molecule has 3 rings (SSSR count). The molecule has 2 heterocycles. The van der Waals surface area contributed by atoms with Crippen LogP contribution in [0.1, 0.15) is 17.5 Å². The average molecular weight is 245 g/mol. The van der Waals surface area contributed by atoms with Crippen molar-refractivity contribution in [2.75, 3.05) is 25.5 Å². The van der Waals surface area contributed by atoms with E-state index in [9.17, 15) is 4.79 Å². The SMILES string of the molecule is CN1CC[C@@H](Nc2cccc3c2CNCC3)C1=O. The summed E-state index contributed by atoms with van der Waals surface area (Å²) in [4.78, 5) is 13.7. The monoisotopic (exact) mass is 245 g/mol. The van der Waals surface area contributed by atoms with Crippen LogP contribution in [0, 0.1) is 0 Å². The minimum absolute atomic E-state index is 0.0524. The maximum Gasteiger partial charge on any atom is 0.244 e. The predicted octanol–water partition coefficient (Wildman–Crippen LogP) is 0.975. The van der Waals surface area contributed by atoms with Gasteiger partial charge in [-0.05, 0) is 36.6 Å². The van der Waals surface area contributed by atoms with Crippen LogP contribution in [-0.4, -0.2) is 37.0 Å². The van der Waals surface area contributed by atoms with Gasteiger partial charge < -0.3 is 15.5 Å². The van der Waals surface area contributed by atoms with Crippen LogP contribution < -0.4 is 10.6 Å². The number of nitrogens with zero attached hydrogens (tertiary/aromatic N) is 1. The summed E-state index contributed by atoms with van der Waals surface area (Å²) in [7, 11) is 1.87. The quantitative estimate of drug-likeness (QED) is 0.816. The lowest BCUT2D eigenvalue weighted by Crippen LogP contribution is -2.32. The highest BCUT2D eigenvalue weighted by atomic mass is 16.2. The molecule has 1 aromatic carbocycles. The lowest BCUT2D eigenvalue weighted by Gasteiger charge is -2.22. The summed E-state index contributed by atoms with van der Waals surface area (Å²) in [5.41, 5.74) is 3.84. The van der Waals surface area contributed by atoms with Crippen molar-refractivity contribution in [3.8, 4) is 0 Å². The summed E-state index contributed by atoms with van der Waals surface area (Å²) in [6, 6.07) is 6.29. The molecule has 0 saturated carbocycles. The fourth-order valence-electron chi connectivity index (χ4n) is 2.79. The van der Waals surface area contributed by atoms with Crippen molar-refractivity contribution in [2.45, 2.75) is 25.4 Å². The number of amides is 1. The third-order valence-electron chi connectivity index (χ3n) is 3.90. The van der Waals surface area contributed by atoms with Crippen molar-refractivity contribution in [3.63, 3.8) is 0 Å². The summed E-state index contributed by atoms with van der Waals surface area (Å²) < 4.78 is 0. The van der Waals surface area contributed by atoms with E-state index >= 15 is 0 Å². The number of likely N-dealkylation sites (N-methyl/N-ethyl adjacent to an activating group) is 1. The van der Waals surface area contributed by atoms with E-state index in [0.29, 0.717) is 0 Å². The van der Waals surface area contributed by atoms with E-state index in [-0.39, 0.29) is 11.9 Å². The smallest absolute Gasteiger partial charge is 0.244 e. The summed E-state index contributed by atoms with van der Waals surface area (Å²) in [6.45, 7) is 2.79. The Bertz CT molecular complexity index is 472. The Hall–Kier alpha value is -1.55. The van der Waals surface area contributed by atoms with Crippen LogP contribution in [0.25, 0.3) is 0 Å². The Balaban J connectivity index is 1.83. The van der Waals surface area contributed by atoms with E-state index < -0.39 is 0 Å². The third-order valence-corrected chi connectivity index (χ3v) is 3.90. The molecule has 0 radical (unpaired) electrons. The van der Waals surface area contributed by atoms with Crippen molar-refractivity contribution in [3.05, 3.63) is 29.3 Å². The van der Waals surface area contributed by atoms with Crippen LogP contribution in [0.2, 0.25) is 0 Å². The van der Waals surface area contributed by atoms with E-state index in [0.717, 1.165) is 38.2 Å². The molecule has 1 fully saturated rings. The number of rotatable bonds is 2. The van der Waals surface area contributed by atoms with E-state index in [1.807, 2.05) is 7.05 Å². The number of hydrogen-bond donors (Lipinski definition) is 2. The van der Waals surface area contributed by atoms with E-state index in [1.54, 1.807) is 4.90 Å². The zero-order valence-corrected chi connectivity index (χ0v) is 10.7. The number of carbonyl (C=O) groups is 1. The number of fused-ring (bicyclic) bond motifs is 1. The normalized spacial score (nSPS) is 23.1. The van der Waals surface area contributed by atoms with E-state index in [2.05, 4.69) is 28.8 Å². The molecule has 1 atom stereocenters.